The van der Waals surface area contributed by atoms with Gasteiger partial charge in [-0.1, -0.05) is 29.3 Å². The van der Waals surface area contributed by atoms with Gasteiger partial charge in [-0.05, 0) is 68.4 Å². The molecule has 38 heavy (non-hydrogen) atoms. The number of aromatic nitrogens is 5. The molecule has 0 radical (unpaired) electrons. The van der Waals surface area contributed by atoms with Crippen LogP contribution in [0.1, 0.15) is 27.4 Å². The number of hydrogen-bond donors (Lipinski definition) is 2. The number of H-pyrrole nitrogens is 1. The van der Waals surface area contributed by atoms with Crippen LogP contribution in [0.4, 0.5) is 5.82 Å². The van der Waals surface area contributed by atoms with Crippen molar-refractivity contribution >= 4 is 55.2 Å². The SMILES string of the molecule is Cc1ccc(S(=O)(=O)n2c(C(=O)c3cnn(-c4ccc5[nH]c(C)nc5c4)c3N)cc3cc(Cl)ccc32)cc1. The van der Waals surface area contributed by atoms with Crippen molar-refractivity contribution in [3.05, 3.63) is 101 Å². The molecule has 0 atom stereocenters. The minimum Gasteiger partial charge on any atom is -0.383 e. The third kappa shape index (κ3) is 3.77. The van der Waals surface area contributed by atoms with E-state index in [2.05, 4.69) is 15.1 Å². The van der Waals surface area contributed by atoms with Gasteiger partial charge in [0.05, 0.1) is 38.9 Å². The summed E-state index contributed by atoms with van der Waals surface area (Å²) in [7, 11) is -4.14. The Balaban J connectivity index is 1.51. The summed E-state index contributed by atoms with van der Waals surface area (Å²) < 4.78 is 30.1. The van der Waals surface area contributed by atoms with Crippen molar-refractivity contribution in [1.82, 2.24) is 23.7 Å². The van der Waals surface area contributed by atoms with Crippen LogP contribution in [0, 0.1) is 13.8 Å². The number of imidazole rings is 1. The molecular weight excluding hydrogens is 524 g/mol. The second kappa shape index (κ2) is 8.57. The van der Waals surface area contributed by atoms with Gasteiger partial charge in [0.1, 0.15) is 17.3 Å². The molecule has 0 aliphatic rings. The maximum atomic E-state index is 13.9. The number of aryl methyl sites for hydroxylation is 2. The first-order valence-corrected chi connectivity index (χ1v) is 13.4. The second-order valence-electron chi connectivity index (χ2n) is 9.02. The van der Waals surface area contributed by atoms with Crippen molar-refractivity contribution in [2.45, 2.75) is 18.7 Å². The molecule has 3 aromatic heterocycles. The number of benzene rings is 3. The zero-order valence-corrected chi connectivity index (χ0v) is 21.9. The van der Waals surface area contributed by atoms with Crippen LogP contribution < -0.4 is 5.73 Å². The second-order valence-corrected chi connectivity index (χ2v) is 11.2. The lowest BCUT2D eigenvalue weighted by Crippen LogP contribution is -2.19. The van der Waals surface area contributed by atoms with Crippen LogP contribution in [0.3, 0.4) is 0 Å². The molecule has 190 valence electrons. The lowest BCUT2D eigenvalue weighted by atomic mass is 10.1. The number of rotatable bonds is 5. The van der Waals surface area contributed by atoms with Gasteiger partial charge >= 0.3 is 0 Å². The Labute approximate surface area is 222 Å². The van der Waals surface area contributed by atoms with Crippen molar-refractivity contribution in [1.29, 1.82) is 0 Å². The van der Waals surface area contributed by atoms with E-state index < -0.39 is 15.8 Å². The number of nitrogens with one attached hydrogen (secondary N) is 1. The fourth-order valence-corrected chi connectivity index (χ4v) is 6.22. The molecule has 3 aromatic carbocycles. The minimum atomic E-state index is -4.14. The number of ketones is 1. The highest BCUT2D eigenvalue weighted by Crippen LogP contribution is 2.31. The van der Waals surface area contributed by atoms with Crippen LogP contribution in [0.25, 0.3) is 27.6 Å². The summed E-state index contributed by atoms with van der Waals surface area (Å²) in [5.41, 5.74) is 9.82. The van der Waals surface area contributed by atoms with Crippen molar-refractivity contribution < 1.29 is 13.2 Å². The Kier molecular flexibility index (Phi) is 5.41. The zero-order chi connectivity index (χ0) is 26.8. The highest BCUT2D eigenvalue weighted by atomic mass is 35.5. The number of nitrogen functional groups attached to an aromatic ring is 1. The summed E-state index contributed by atoms with van der Waals surface area (Å²) in [5, 5.41) is 5.24. The van der Waals surface area contributed by atoms with Gasteiger partial charge in [0.15, 0.2) is 0 Å². The molecule has 0 bridgehead atoms. The first-order valence-electron chi connectivity index (χ1n) is 11.6. The van der Waals surface area contributed by atoms with E-state index in [-0.39, 0.29) is 22.0 Å². The number of anilines is 1. The zero-order valence-electron chi connectivity index (χ0n) is 20.3. The van der Waals surface area contributed by atoms with E-state index in [0.29, 0.717) is 21.6 Å². The molecule has 11 heteroatoms. The maximum absolute atomic E-state index is 13.9. The summed E-state index contributed by atoms with van der Waals surface area (Å²) in [4.78, 5) is 21.5. The lowest BCUT2D eigenvalue weighted by Gasteiger charge is -2.12. The number of aromatic amines is 1. The lowest BCUT2D eigenvalue weighted by molar-refractivity contribution is 0.103. The van der Waals surface area contributed by atoms with E-state index in [4.69, 9.17) is 17.3 Å². The Hall–Kier alpha value is -4.41. The molecule has 0 fully saturated rings. The van der Waals surface area contributed by atoms with Gasteiger partial charge in [-0.25, -0.2) is 22.1 Å². The van der Waals surface area contributed by atoms with Gasteiger partial charge in [0.25, 0.3) is 10.0 Å². The molecule has 0 spiro atoms. The summed E-state index contributed by atoms with van der Waals surface area (Å²) in [6, 6.07) is 18.2. The highest BCUT2D eigenvalue weighted by Gasteiger charge is 2.29. The number of nitrogens with two attached hydrogens (primary N) is 1. The summed E-state index contributed by atoms with van der Waals surface area (Å²) in [5.74, 6) is 0.252. The number of fused-ring (bicyclic) bond motifs is 2. The fourth-order valence-electron chi connectivity index (χ4n) is 4.52. The molecule has 9 nitrogen and oxygen atoms in total. The third-order valence-corrected chi connectivity index (χ3v) is 8.37. The number of carbonyl (C=O) groups excluding carboxylic acids is 1. The molecule has 0 amide bonds. The number of hydrogen-bond acceptors (Lipinski definition) is 6. The molecule has 3 heterocycles. The van der Waals surface area contributed by atoms with E-state index in [1.807, 2.05) is 19.9 Å². The summed E-state index contributed by atoms with van der Waals surface area (Å²) in [6.07, 6.45) is 1.34. The van der Waals surface area contributed by atoms with Crippen LogP contribution >= 0.6 is 11.6 Å². The standard InChI is InChI=1S/C27H21ClN6O3S/c1-15-3-7-20(8-4-15)38(36,37)34-24-10-5-18(28)11-17(24)12-25(34)26(35)21-14-30-33(27(21)29)19-6-9-22-23(13-19)32-16(2)31-22/h3-14H,29H2,1-2H3,(H,31,32). The predicted molar refractivity (Wildman–Crippen MR) is 147 cm³/mol. The van der Waals surface area contributed by atoms with Crippen molar-refractivity contribution in [2.24, 2.45) is 0 Å². The Morgan fingerprint density at radius 2 is 1.76 bits per heavy atom. The average Bonchev–Trinajstić information content (AvgIpc) is 3.57. The van der Waals surface area contributed by atoms with Crippen LogP contribution in [0.5, 0.6) is 0 Å². The van der Waals surface area contributed by atoms with Gasteiger partial charge < -0.3 is 10.7 Å². The molecule has 0 unspecified atom stereocenters. The minimum absolute atomic E-state index is 0.0517. The Morgan fingerprint density at radius 3 is 2.53 bits per heavy atom. The largest absolute Gasteiger partial charge is 0.383 e. The molecule has 6 aromatic rings. The van der Waals surface area contributed by atoms with Crippen molar-refractivity contribution in [3.8, 4) is 5.69 Å². The van der Waals surface area contributed by atoms with Gasteiger partial charge in [-0.15, -0.1) is 0 Å². The first-order chi connectivity index (χ1) is 18.1. The van der Waals surface area contributed by atoms with Crippen LogP contribution in [-0.4, -0.2) is 37.9 Å². The van der Waals surface area contributed by atoms with Gasteiger partial charge in [0.2, 0.25) is 5.78 Å². The smallest absolute Gasteiger partial charge is 0.268 e. The van der Waals surface area contributed by atoms with E-state index in [1.54, 1.807) is 42.5 Å². The molecule has 0 aliphatic carbocycles. The third-order valence-electron chi connectivity index (χ3n) is 6.39. The fraction of sp³-hybridized carbons (Fsp3) is 0.0741. The quantitative estimate of drug-likeness (QED) is 0.293. The van der Waals surface area contributed by atoms with Crippen molar-refractivity contribution in [3.63, 3.8) is 0 Å². The number of halogens is 1. The van der Waals surface area contributed by atoms with Gasteiger partial charge in [-0.2, -0.15) is 5.10 Å². The summed E-state index contributed by atoms with van der Waals surface area (Å²) >= 11 is 6.18. The molecule has 3 N–H and O–H groups in total. The Morgan fingerprint density at radius 1 is 1.00 bits per heavy atom. The molecule has 6 rings (SSSR count). The monoisotopic (exact) mass is 544 g/mol. The molecule has 0 saturated heterocycles. The highest BCUT2D eigenvalue weighted by molar-refractivity contribution is 7.90. The van der Waals surface area contributed by atoms with Crippen LogP contribution in [-0.2, 0) is 10.0 Å². The van der Waals surface area contributed by atoms with Crippen molar-refractivity contribution in [2.75, 3.05) is 5.73 Å². The maximum Gasteiger partial charge on any atom is 0.268 e. The van der Waals surface area contributed by atoms with Gasteiger partial charge in [0, 0.05) is 10.4 Å². The summed E-state index contributed by atoms with van der Waals surface area (Å²) in [6.45, 7) is 3.72. The Bertz CT molecular complexity index is 2000. The van der Waals surface area contributed by atoms with E-state index in [0.717, 1.165) is 26.4 Å². The van der Waals surface area contributed by atoms with Crippen LogP contribution in [0.15, 0.2) is 77.8 Å². The molecular formula is C27H21ClN6O3S. The van der Waals surface area contributed by atoms with Gasteiger partial charge in [-0.3, -0.25) is 4.79 Å². The predicted octanol–water partition coefficient (Wildman–Crippen LogP) is 5.02. The molecule has 0 aliphatic heterocycles. The normalized spacial score (nSPS) is 12.0. The number of carbonyl (C=O) groups is 1. The van der Waals surface area contributed by atoms with E-state index in [1.165, 1.54) is 29.1 Å². The topological polar surface area (TPSA) is 129 Å². The average molecular weight is 545 g/mol. The molecule has 0 saturated carbocycles. The first kappa shape index (κ1) is 24.0. The van der Waals surface area contributed by atoms with E-state index >= 15 is 0 Å². The number of nitrogens with zero attached hydrogens (tertiary/aromatic N) is 4. The van der Waals surface area contributed by atoms with Crippen LogP contribution in [0.2, 0.25) is 5.02 Å². The van der Waals surface area contributed by atoms with E-state index in [9.17, 15) is 13.2 Å².